The lowest BCUT2D eigenvalue weighted by atomic mass is 9.65. The first kappa shape index (κ1) is 39.6. The third-order valence-corrected chi connectivity index (χ3v) is 16.6. The van der Waals surface area contributed by atoms with Gasteiger partial charge in [-0.05, 0) is 125 Å². The van der Waals surface area contributed by atoms with Gasteiger partial charge in [-0.2, -0.15) is 0 Å². The second-order valence-corrected chi connectivity index (χ2v) is 19.8. The minimum absolute atomic E-state index is 0.503. The zero-order chi connectivity index (χ0) is 47.1. The van der Waals surface area contributed by atoms with Crippen LogP contribution in [0.1, 0.15) is 44.5 Å². The molecule has 16 rings (SSSR count). The molecule has 2 aliphatic carbocycles. The number of nitrogens with zero attached hydrogens (tertiary/aromatic N) is 2. The summed E-state index contributed by atoms with van der Waals surface area (Å²) in [6, 6.07) is 100. The van der Waals surface area contributed by atoms with Crippen molar-refractivity contribution in [2.24, 2.45) is 0 Å². The summed E-state index contributed by atoms with van der Waals surface area (Å²) in [6.07, 6.45) is 0. The normalized spacial score (nSPS) is 15.4. The van der Waals surface area contributed by atoms with Gasteiger partial charge in [0, 0.05) is 27.5 Å². The summed E-state index contributed by atoms with van der Waals surface area (Å²) in [5, 5.41) is 7.46. The van der Waals surface area contributed by atoms with E-state index in [4.69, 9.17) is 0 Å². The molecule has 13 aromatic rings. The molecule has 2 heterocycles. The number of anilines is 3. The Morgan fingerprint density at radius 1 is 0.292 bits per heavy atom. The van der Waals surface area contributed by atoms with Crippen LogP contribution in [0.2, 0.25) is 0 Å². The van der Waals surface area contributed by atoms with Crippen LogP contribution in [-0.4, -0.2) is 4.57 Å². The molecule has 0 fully saturated rings. The predicted octanol–water partition coefficient (Wildman–Crippen LogP) is 17.6. The summed E-state index contributed by atoms with van der Waals surface area (Å²) in [4.78, 5) is 2.54. The van der Waals surface area contributed by atoms with Crippen molar-refractivity contribution >= 4 is 60.4 Å². The van der Waals surface area contributed by atoms with Crippen LogP contribution in [0.25, 0.3) is 71.3 Å². The van der Waals surface area contributed by atoms with Gasteiger partial charge in [0.1, 0.15) is 0 Å². The fourth-order valence-electron chi connectivity index (χ4n) is 13.9. The molecule has 1 atom stereocenters. The van der Waals surface area contributed by atoms with Crippen LogP contribution in [0, 0.1) is 0 Å². The second-order valence-electron chi connectivity index (χ2n) is 19.8. The van der Waals surface area contributed by atoms with Gasteiger partial charge in [0.25, 0.3) is 0 Å². The number of para-hydroxylation sites is 3. The lowest BCUT2D eigenvalue weighted by Crippen LogP contribution is -2.33. The molecule has 334 valence electrons. The average molecular weight is 913 g/mol. The van der Waals surface area contributed by atoms with Crippen molar-refractivity contribution in [3.05, 3.63) is 311 Å². The summed E-state index contributed by atoms with van der Waals surface area (Å²) in [5.41, 5.74) is 21.5. The molecule has 1 aromatic heterocycles. The van der Waals surface area contributed by atoms with E-state index in [-0.39, 0.29) is 0 Å². The third-order valence-electron chi connectivity index (χ3n) is 16.6. The first-order valence-electron chi connectivity index (χ1n) is 25.2. The molecule has 12 aromatic carbocycles. The number of hydrogen-bond acceptors (Lipinski definition) is 1. The lowest BCUT2D eigenvalue weighted by Gasteiger charge is -2.40. The third kappa shape index (κ3) is 4.98. The number of aromatic nitrogens is 1. The predicted molar refractivity (Wildman–Crippen MR) is 299 cm³/mol. The van der Waals surface area contributed by atoms with E-state index < -0.39 is 10.8 Å². The Labute approximate surface area is 418 Å². The van der Waals surface area contributed by atoms with Crippen molar-refractivity contribution in [3.8, 4) is 27.9 Å². The van der Waals surface area contributed by atoms with Crippen molar-refractivity contribution in [2.45, 2.75) is 10.8 Å². The van der Waals surface area contributed by atoms with Gasteiger partial charge in [0.15, 0.2) is 0 Å². The van der Waals surface area contributed by atoms with Crippen LogP contribution < -0.4 is 4.90 Å². The molecule has 0 bridgehead atoms. The molecule has 0 saturated carbocycles. The highest BCUT2D eigenvalue weighted by Gasteiger charge is 2.51. The zero-order valence-electron chi connectivity index (χ0n) is 39.3. The molecule has 0 N–H and O–H groups in total. The number of rotatable bonds is 5. The largest absolute Gasteiger partial charge is 0.310 e. The fraction of sp³-hybridized carbons (Fsp3) is 0.0286. The Morgan fingerprint density at radius 3 is 1.54 bits per heavy atom. The lowest BCUT2D eigenvalue weighted by molar-refractivity contribution is 0.748. The van der Waals surface area contributed by atoms with E-state index in [9.17, 15) is 0 Å². The molecule has 3 aliphatic rings. The standard InChI is InChI=1S/C70H44N2/c1-2-20-46(21-3-1)69(59-30-12-8-24-52(59)53-25-9-13-31-60(53)69)47-37-39-48(40-38-47)71(67-43-45-19-4-5-22-50(45)51-23-6-7-27-56(51)67)49-41-42-55-54-26-10-14-32-61(54)70(64(55)44-49)62-33-15-17-36-66(62)72-65-35-16-11-28-57(65)58-29-18-34-63(70)68(58)72/h1-44H. The molecule has 1 unspecified atom stereocenters. The van der Waals surface area contributed by atoms with Crippen LogP contribution >= 0.6 is 0 Å². The monoisotopic (exact) mass is 912 g/mol. The quantitative estimate of drug-likeness (QED) is 0.156. The summed E-state index contributed by atoms with van der Waals surface area (Å²) < 4.78 is 2.53. The van der Waals surface area contributed by atoms with E-state index >= 15 is 0 Å². The highest BCUT2D eigenvalue weighted by atomic mass is 15.1. The van der Waals surface area contributed by atoms with E-state index in [0.29, 0.717) is 0 Å². The molecular weight excluding hydrogens is 869 g/mol. The van der Waals surface area contributed by atoms with Crippen LogP contribution in [-0.2, 0) is 10.8 Å². The maximum Gasteiger partial charge on any atom is 0.0755 e. The minimum atomic E-state index is -0.589. The second kappa shape index (κ2) is 14.6. The number of fused-ring (bicyclic) bond motifs is 18. The number of benzene rings is 12. The van der Waals surface area contributed by atoms with Gasteiger partial charge in [-0.1, -0.05) is 224 Å². The van der Waals surface area contributed by atoms with Gasteiger partial charge in [-0.25, -0.2) is 0 Å². The van der Waals surface area contributed by atoms with Crippen molar-refractivity contribution in [1.29, 1.82) is 0 Å². The maximum absolute atomic E-state index is 2.54. The zero-order valence-corrected chi connectivity index (χ0v) is 39.3. The molecular formula is C70H44N2. The molecule has 1 spiro atoms. The highest BCUT2D eigenvalue weighted by Crippen LogP contribution is 2.62. The maximum atomic E-state index is 2.54. The number of hydrogen-bond donors (Lipinski definition) is 0. The van der Waals surface area contributed by atoms with Crippen molar-refractivity contribution < 1.29 is 0 Å². The van der Waals surface area contributed by atoms with Crippen LogP contribution in [0.5, 0.6) is 0 Å². The molecule has 0 amide bonds. The van der Waals surface area contributed by atoms with Crippen LogP contribution in [0.15, 0.2) is 267 Å². The fourth-order valence-corrected chi connectivity index (χ4v) is 13.9. The Hall–Kier alpha value is -9.24. The topological polar surface area (TPSA) is 8.17 Å². The van der Waals surface area contributed by atoms with E-state index in [2.05, 4.69) is 276 Å². The van der Waals surface area contributed by atoms with Crippen molar-refractivity contribution in [2.75, 3.05) is 4.90 Å². The van der Waals surface area contributed by atoms with Gasteiger partial charge >= 0.3 is 0 Å². The molecule has 2 heteroatoms. The summed E-state index contributed by atoms with van der Waals surface area (Å²) in [5.74, 6) is 0. The van der Waals surface area contributed by atoms with Gasteiger partial charge in [-0.15, -0.1) is 0 Å². The first-order valence-corrected chi connectivity index (χ1v) is 25.2. The Balaban J connectivity index is 0.980. The van der Waals surface area contributed by atoms with Gasteiger partial charge in [-0.3, -0.25) is 0 Å². The molecule has 0 radical (unpaired) electrons. The molecule has 72 heavy (non-hydrogen) atoms. The van der Waals surface area contributed by atoms with Gasteiger partial charge in [0.05, 0.1) is 33.2 Å². The van der Waals surface area contributed by atoms with Crippen LogP contribution in [0.4, 0.5) is 17.1 Å². The molecule has 2 nitrogen and oxygen atoms in total. The summed E-state index contributed by atoms with van der Waals surface area (Å²) in [7, 11) is 0. The Morgan fingerprint density at radius 2 is 0.806 bits per heavy atom. The van der Waals surface area contributed by atoms with E-state index in [1.807, 2.05) is 0 Å². The van der Waals surface area contributed by atoms with Crippen LogP contribution in [0.3, 0.4) is 0 Å². The SMILES string of the molecule is c1ccc(C2(c3ccc(N(c4ccc5c(c4)C4(c6ccccc6-5)c5ccccc5-n5c6ccccc6c6cccc4c65)c4cc5ccccc5c5ccccc45)cc3)c3ccccc3-c3ccccc32)cc1. The van der Waals surface area contributed by atoms with E-state index in [1.54, 1.807) is 0 Å². The Kier molecular flexibility index (Phi) is 8.05. The summed E-state index contributed by atoms with van der Waals surface area (Å²) >= 11 is 0. The molecule has 0 saturated heterocycles. The Bertz CT molecular complexity index is 4360. The highest BCUT2D eigenvalue weighted by molar-refractivity contribution is 6.15. The van der Waals surface area contributed by atoms with Crippen molar-refractivity contribution in [3.63, 3.8) is 0 Å². The van der Waals surface area contributed by atoms with Gasteiger partial charge < -0.3 is 9.47 Å². The van der Waals surface area contributed by atoms with Gasteiger partial charge in [0.2, 0.25) is 0 Å². The first-order chi connectivity index (χ1) is 35.7. The van der Waals surface area contributed by atoms with E-state index in [0.717, 1.165) is 17.1 Å². The average Bonchev–Trinajstić information content (AvgIpc) is 4.06. The van der Waals surface area contributed by atoms with Crippen molar-refractivity contribution in [1.82, 2.24) is 4.57 Å². The van der Waals surface area contributed by atoms with E-state index in [1.165, 1.54) is 116 Å². The molecule has 1 aliphatic heterocycles. The smallest absolute Gasteiger partial charge is 0.0755 e. The summed E-state index contributed by atoms with van der Waals surface area (Å²) in [6.45, 7) is 0. The minimum Gasteiger partial charge on any atom is -0.310 e.